The van der Waals surface area contributed by atoms with Gasteiger partial charge in [-0.2, -0.15) is 0 Å². The summed E-state index contributed by atoms with van der Waals surface area (Å²) in [4.78, 5) is 15.0. The Bertz CT molecular complexity index is 779. The molecule has 1 aromatic heterocycles. The molecule has 0 N–H and O–H groups in total. The minimum atomic E-state index is 0.200. The van der Waals surface area contributed by atoms with Crippen molar-refractivity contribution < 1.29 is 9.53 Å². The number of carbonyl (C=O) groups is 1. The average Bonchev–Trinajstić information content (AvgIpc) is 3.26. The molecule has 6 nitrogen and oxygen atoms in total. The van der Waals surface area contributed by atoms with Gasteiger partial charge in [-0.15, -0.1) is 10.2 Å². The van der Waals surface area contributed by atoms with Crippen molar-refractivity contribution in [1.82, 2.24) is 19.7 Å². The fourth-order valence-corrected chi connectivity index (χ4v) is 4.46. The molecule has 2 fully saturated rings. The van der Waals surface area contributed by atoms with E-state index in [0.717, 1.165) is 36.8 Å². The van der Waals surface area contributed by atoms with Crippen molar-refractivity contribution in [3.8, 4) is 5.75 Å². The molecular weight excluding hydrogens is 328 g/mol. The highest BCUT2D eigenvalue weighted by molar-refractivity contribution is 5.79. The molecule has 1 saturated heterocycles. The number of nitrogens with zero attached hydrogens (tertiary/aromatic N) is 4. The minimum Gasteiger partial charge on any atom is -0.497 e. The van der Waals surface area contributed by atoms with Gasteiger partial charge in [0.1, 0.15) is 17.9 Å². The molecule has 1 spiro atoms. The average molecular weight is 354 g/mol. The van der Waals surface area contributed by atoms with Crippen molar-refractivity contribution >= 4 is 5.91 Å². The summed E-state index contributed by atoms with van der Waals surface area (Å²) >= 11 is 0. The summed E-state index contributed by atoms with van der Waals surface area (Å²) in [5, 5.41) is 8.52. The fraction of sp³-hybridized carbons (Fsp3) is 0.550. The van der Waals surface area contributed by atoms with Gasteiger partial charge in [0.05, 0.1) is 13.5 Å². The predicted octanol–water partition coefficient (Wildman–Crippen LogP) is 2.65. The van der Waals surface area contributed by atoms with Crippen molar-refractivity contribution in [3.05, 3.63) is 42.0 Å². The Kier molecular flexibility index (Phi) is 4.42. The van der Waals surface area contributed by atoms with Gasteiger partial charge >= 0.3 is 0 Å². The third-order valence-electron chi connectivity index (χ3n) is 6.16. The van der Waals surface area contributed by atoms with Crippen LogP contribution in [-0.4, -0.2) is 45.8 Å². The van der Waals surface area contributed by atoms with Crippen LogP contribution in [0.1, 0.15) is 43.5 Å². The van der Waals surface area contributed by atoms with E-state index in [-0.39, 0.29) is 11.3 Å². The standard InChI is InChI=1S/C20H26N4O2/c1-3-23-14-21-22-19(23)17-12-24(13-20(17)9-4-10-20)18(25)11-15-5-7-16(26-2)8-6-15/h5-8,14,17H,3-4,9-13H2,1-2H3. The molecule has 0 bridgehead atoms. The first-order valence-corrected chi connectivity index (χ1v) is 9.43. The first kappa shape index (κ1) is 17.1. The molecule has 1 aliphatic heterocycles. The van der Waals surface area contributed by atoms with Gasteiger partial charge in [0.2, 0.25) is 5.91 Å². The van der Waals surface area contributed by atoms with Crippen LogP contribution in [0.2, 0.25) is 0 Å². The topological polar surface area (TPSA) is 60.2 Å². The third kappa shape index (κ3) is 2.87. The molecule has 6 heteroatoms. The van der Waals surface area contributed by atoms with Crippen LogP contribution in [0.5, 0.6) is 5.75 Å². The number of carbonyl (C=O) groups excluding carboxylic acids is 1. The Balaban J connectivity index is 1.50. The number of aromatic nitrogens is 3. The molecule has 2 aliphatic rings. The number of amides is 1. The van der Waals surface area contributed by atoms with Crippen molar-refractivity contribution in [2.45, 2.75) is 45.1 Å². The number of ether oxygens (including phenoxy) is 1. The number of hydrogen-bond acceptors (Lipinski definition) is 4. The summed E-state index contributed by atoms with van der Waals surface area (Å²) in [5.41, 5.74) is 1.23. The predicted molar refractivity (Wildman–Crippen MR) is 98.0 cm³/mol. The molecule has 4 rings (SSSR count). The number of aryl methyl sites for hydroxylation is 1. The molecule has 0 radical (unpaired) electrons. The van der Waals surface area contributed by atoms with Crippen LogP contribution in [-0.2, 0) is 17.8 Å². The maximum atomic E-state index is 12.9. The molecule has 1 unspecified atom stereocenters. The number of methoxy groups -OCH3 is 1. The second-order valence-corrected chi connectivity index (χ2v) is 7.54. The van der Waals surface area contributed by atoms with E-state index in [0.29, 0.717) is 12.3 Å². The molecule has 1 aliphatic carbocycles. The summed E-state index contributed by atoms with van der Waals surface area (Å²) in [6.45, 7) is 4.59. The van der Waals surface area contributed by atoms with Crippen LogP contribution >= 0.6 is 0 Å². The number of hydrogen-bond donors (Lipinski definition) is 0. The monoisotopic (exact) mass is 354 g/mol. The Labute approximate surface area is 154 Å². The van der Waals surface area contributed by atoms with Gasteiger partial charge in [0, 0.05) is 25.6 Å². The van der Waals surface area contributed by atoms with E-state index in [2.05, 4.69) is 21.7 Å². The summed E-state index contributed by atoms with van der Waals surface area (Å²) in [6.07, 6.45) is 5.86. The van der Waals surface area contributed by atoms with Crippen LogP contribution in [0.15, 0.2) is 30.6 Å². The zero-order chi connectivity index (χ0) is 18.1. The molecule has 2 aromatic rings. The molecule has 1 atom stereocenters. The molecule has 138 valence electrons. The number of benzene rings is 1. The maximum Gasteiger partial charge on any atom is 0.227 e. The smallest absolute Gasteiger partial charge is 0.227 e. The Morgan fingerprint density at radius 1 is 1.31 bits per heavy atom. The van der Waals surface area contributed by atoms with Crippen LogP contribution in [0.25, 0.3) is 0 Å². The second kappa shape index (κ2) is 6.74. The Morgan fingerprint density at radius 2 is 2.08 bits per heavy atom. The molecule has 1 aromatic carbocycles. The normalized spacial score (nSPS) is 21.0. The highest BCUT2D eigenvalue weighted by Gasteiger charge is 2.53. The van der Waals surface area contributed by atoms with Crippen LogP contribution < -0.4 is 4.74 Å². The van der Waals surface area contributed by atoms with Crippen molar-refractivity contribution in [2.75, 3.05) is 20.2 Å². The van der Waals surface area contributed by atoms with E-state index in [1.54, 1.807) is 7.11 Å². The molecular formula is C20H26N4O2. The van der Waals surface area contributed by atoms with Gasteiger partial charge in [-0.25, -0.2) is 0 Å². The van der Waals surface area contributed by atoms with E-state index < -0.39 is 0 Å². The lowest BCUT2D eigenvalue weighted by Crippen LogP contribution is -2.38. The zero-order valence-electron chi connectivity index (χ0n) is 15.5. The molecule has 1 amide bonds. The first-order valence-electron chi connectivity index (χ1n) is 9.43. The summed E-state index contributed by atoms with van der Waals surface area (Å²) < 4.78 is 7.32. The number of likely N-dealkylation sites (tertiary alicyclic amines) is 1. The zero-order valence-corrected chi connectivity index (χ0v) is 15.5. The lowest BCUT2D eigenvalue weighted by molar-refractivity contribution is -0.130. The van der Waals surface area contributed by atoms with E-state index in [9.17, 15) is 4.79 Å². The van der Waals surface area contributed by atoms with Crippen molar-refractivity contribution in [2.24, 2.45) is 5.41 Å². The van der Waals surface area contributed by atoms with E-state index >= 15 is 0 Å². The van der Waals surface area contributed by atoms with Crippen LogP contribution in [0, 0.1) is 5.41 Å². The van der Waals surface area contributed by atoms with Gasteiger partial charge in [-0.05, 0) is 42.9 Å². The van der Waals surface area contributed by atoms with Gasteiger partial charge < -0.3 is 14.2 Å². The van der Waals surface area contributed by atoms with Gasteiger partial charge in [0.25, 0.3) is 0 Å². The molecule has 2 heterocycles. The largest absolute Gasteiger partial charge is 0.497 e. The molecule has 26 heavy (non-hydrogen) atoms. The molecule has 1 saturated carbocycles. The SMILES string of the molecule is CCn1cnnc1C1CN(C(=O)Cc2ccc(OC)cc2)CC12CCC2. The van der Waals surface area contributed by atoms with Gasteiger partial charge in [-0.3, -0.25) is 4.79 Å². The van der Waals surface area contributed by atoms with Gasteiger partial charge in [-0.1, -0.05) is 18.6 Å². The highest BCUT2D eigenvalue weighted by Crippen LogP contribution is 2.55. The van der Waals surface area contributed by atoms with Crippen LogP contribution in [0.4, 0.5) is 0 Å². The highest BCUT2D eigenvalue weighted by atomic mass is 16.5. The van der Waals surface area contributed by atoms with Crippen molar-refractivity contribution in [1.29, 1.82) is 0 Å². The van der Waals surface area contributed by atoms with E-state index in [4.69, 9.17) is 4.74 Å². The fourth-order valence-electron chi connectivity index (χ4n) is 4.46. The van der Waals surface area contributed by atoms with Gasteiger partial charge in [0.15, 0.2) is 0 Å². The lowest BCUT2D eigenvalue weighted by Gasteiger charge is -2.42. The Hall–Kier alpha value is -2.37. The Morgan fingerprint density at radius 3 is 2.69 bits per heavy atom. The quantitative estimate of drug-likeness (QED) is 0.828. The summed E-state index contributed by atoms with van der Waals surface area (Å²) in [7, 11) is 1.65. The van der Waals surface area contributed by atoms with E-state index in [1.807, 2.05) is 35.5 Å². The van der Waals surface area contributed by atoms with E-state index in [1.165, 1.54) is 19.3 Å². The third-order valence-corrected chi connectivity index (χ3v) is 6.16. The lowest BCUT2D eigenvalue weighted by atomic mass is 9.62. The number of rotatable bonds is 5. The first-order chi connectivity index (χ1) is 12.6. The maximum absolute atomic E-state index is 12.9. The van der Waals surface area contributed by atoms with Crippen LogP contribution in [0.3, 0.4) is 0 Å². The summed E-state index contributed by atoms with van der Waals surface area (Å²) in [6, 6.07) is 7.76. The second-order valence-electron chi connectivity index (χ2n) is 7.54. The summed E-state index contributed by atoms with van der Waals surface area (Å²) in [5.74, 6) is 2.37. The minimum absolute atomic E-state index is 0.200. The van der Waals surface area contributed by atoms with Crippen molar-refractivity contribution in [3.63, 3.8) is 0 Å².